The molecule has 104 valence electrons. The van der Waals surface area contributed by atoms with E-state index in [-0.39, 0.29) is 19.6 Å². The first-order valence-corrected chi connectivity index (χ1v) is 5.89. The van der Waals surface area contributed by atoms with Gasteiger partial charge in [-0.15, -0.1) is 12.8 Å². The number of terminal acetylenes is 2. The molecule has 1 N–H and O–H groups in total. The van der Waals surface area contributed by atoms with E-state index in [0.717, 1.165) is 0 Å². The number of esters is 2. The van der Waals surface area contributed by atoms with Crippen LogP contribution < -0.4 is 5.32 Å². The van der Waals surface area contributed by atoms with Crippen LogP contribution in [0.1, 0.15) is 20.3 Å². The van der Waals surface area contributed by atoms with Crippen LogP contribution in [0.25, 0.3) is 0 Å². The van der Waals surface area contributed by atoms with E-state index in [0.29, 0.717) is 22.5 Å². The van der Waals surface area contributed by atoms with E-state index < -0.39 is 11.9 Å². The molecule has 0 bridgehead atoms. The number of ether oxygens (including phenoxy) is 2. The van der Waals surface area contributed by atoms with Crippen molar-refractivity contribution in [2.24, 2.45) is 0 Å². The van der Waals surface area contributed by atoms with Crippen molar-refractivity contribution in [3.63, 3.8) is 0 Å². The third kappa shape index (κ3) is 3.66. The molecule has 5 heteroatoms. The van der Waals surface area contributed by atoms with E-state index in [1.165, 1.54) is 0 Å². The predicted molar refractivity (Wildman–Crippen MR) is 72.7 cm³/mol. The quantitative estimate of drug-likeness (QED) is 0.608. The summed E-state index contributed by atoms with van der Waals surface area (Å²) in [5.74, 6) is 3.32. The molecule has 1 heterocycles. The van der Waals surface area contributed by atoms with Gasteiger partial charge >= 0.3 is 11.9 Å². The molecule has 0 saturated carbocycles. The Morgan fingerprint density at radius 3 is 1.80 bits per heavy atom. The molecule has 0 aromatic carbocycles. The molecule has 20 heavy (non-hydrogen) atoms. The monoisotopic (exact) mass is 273 g/mol. The molecule has 5 nitrogen and oxygen atoms in total. The number of hydrogen-bond donors (Lipinski definition) is 1. The lowest BCUT2D eigenvalue weighted by Gasteiger charge is -2.22. The van der Waals surface area contributed by atoms with E-state index in [4.69, 9.17) is 22.3 Å². The van der Waals surface area contributed by atoms with Crippen molar-refractivity contribution in [1.82, 2.24) is 5.32 Å². The fraction of sp³-hybridized carbons (Fsp3) is 0.333. The number of allylic oxidation sites excluding steroid dienone is 2. The molecule has 0 atom stereocenters. The Labute approximate surface area is 118 Å². The standard InChI is InChI=1S/C15H15NO4/c1-5-7-19-14(17)12-9-13(11(4)16-10(12)3)15(18)20-8-6-2/h1-2,16H,7-9H2,3-4H3. The fourth-order valence-electron chi connectivity index (χ4n) is 1.71. The highest BCUT2D eigenvalue weighted by molar-refractivity contribution is 5.96. The first kappa shape index (κ1) is 15.4. The smallest absolute Gasteiger partial charge is 0.337 e. The molecule has 0 unspecified atom stereocenters. The summed E-state index contributed by atoms with van der Waals surface area (Å²) in [5, 5.41) is 2.95. The lowest BCUT2D eigenvalue weighted by molar-refractivity contribution is -0.138. The normalized spacial score (nSPS) is 14.0. The summed E-state index contributed by atoms with van der Waals surface area (Å²) < 4.78 is 9.73. The maximum absolute atomic E-state index is 11.8. The summed E-state index contributed by atoms with van der Waals surface area (Å²) >= 11 is 0. The molecule has 1 rings (SSSR count). The highest BCUT2D eigenvalue weighted by atomic mass is 16.5. The third-order valence-corrected chi connectivity index (χ3v) is 2.70. The molecular weight excluding hydrogens is 258 g/mol. The van der Waals surface area contributed by atoms with Gasteiger partial charge in [-0.05, 0) is 13.8 Å². The van der Waals surface area contributed by atoms with Gasteiger partial charge in [0, 0.05) is 17.8 Å². The predicted octanol–water partition coefficient (Wildman–Crippen LogP) is 0.881. The number of dihydropyridines is 1. The molecule has 1 aliphatic rings. The number of carbonyl (C=O) groups is 2. The number of rotatable bonds is 4. The van der Waals surface area contributed by atoms with Gasteiger partial charge in [0.1, 0.15) is 0 Å². The SMILES string of the molecule is C#CCOC(=O)C1=C(C)NC(C)=C(C(=O)OCC#C)C1. The van der Waals surface area contributed by atoms with Crippen molar-refractivity contribution < 1.29 is 19.1 Å². The van der Waals surface area contributed by atoms with Crippen molar-refractivity contribution in [3.05, 3.63) is 22.5 Å². The van der Waals surface area contributed by atoms with Crippen molar-refractivity contribution in [1.29, 1.82) is 0 Å². The van der Waals surface area contributed by atoms with E-state index >= 15 is 0 Å². The maximum Gasteiger partial charge on any atom is 0.337 e. The molecule has 0 spiro atoms. The highest BCUT2D eigenvalue weighted by Crippen LogP contribution is 2.24. The van der Waals surface area contributed by atoms with Crippen molar-refractivity contribution in [2.75, 3.05) is 13.2 Å². The minimum atomic E-state index is -0.553. The van der Waals surface area contributed by atoms with Crippen LogP contribution in [0.3, 0.4) is 0 Å². The average Bonchev–Trinajstić information content (AvgIpc) is 2.42. The second-order valence-electron chi connectivity index (χ2n) is 4.07. The summed E-state index contributed by atoms with van der Waals surface area (Å²) in [6, 6.07) is 0. The Hall–Kier alpha value is -2.66. The first-order chi connectivity index (χ1) is 9.51. The van der Waals surface area contributed by atoms with Crippen LogP contribution >= 0.6 is 0 Å². The summed E-state index contributed by atoms with van der Waals surface area (Å²) in [6.45, 7) is 3.21. The molecular formula is C15H15NO4. The van der Waals surface area contributed by atoms with Gasteiger partial charge in [0.15, 0.2) is 13.2 Å². The van der Waals surface area contributed by atoms with Gasteiger partial charge in [0.05, 0.1) is 11.1 Å². The van der Waals surface area contributed by atoms with Crippen LogP contribution in [-0.4, -0.2) is 25.2 Å². The Bertz CT molecular complexity index is 520. The molecule has 0 fully saturated rings. The van der Waals surface area contributed by atoms with Gasteiger partial charge in [-0.25, -0.2) is 9.59 Å². The van der Waals surface area contributed by atoms with Gasteiger partial charge in [-0.3, -0.25) is 0 Å². The fourth-order valence-corrected chi connectivity index (χ4v) is 1.71. The number of carbonyl (C=O) groups excluding carboxylic acids is 2. The van der Waals surface area contributed by atoms with Gasteiger partial charge in [0.2, 0.25) is 0 Å². The maximum atomic E-state index is 11.8. The van der Waals surface area contributed by atoms with Crippen molar-refractivity contribution >= 4 is 11.9 Å². The van der Waals surface area contributed by atoms with E-state index in [1.807, 2.05) is 0 Å². The zero-order chi connectivity index (χ0) is 15.1. The molecule has 0 saturated heterocycles. The molecule has 0 aliphatic carbocycles. The van der Waals surface area contributed by atoms with Crippen LogP contribution in [0.4, 0.5) is 0 Å². The van der Waals surface area contributed by atoms with Crippen LogP contribution in [0.2, 0.25) is 0 Å². The summed E-state index contributed by atoms with van der Waals surface area (Å²) in [7, 11) is 0. The van der Waals surface area contributed by atoms with Crippen LogP contribution in [-0.2, 0) is 19.1 Å². The van der Waals surface area contributed by atoms with Crippen LogP contribution in [0.5, 0.6) is 0 Å². The third-order valence-electron chi connectivity index (χ3n) is 2.70. The minimum Gasteiger partial charge on any atom is -0.449 e. The summed E-state index contributed by atoms with van der Waals surface area (Å²) in [5.41, 5.74) is 1.94. The topological polar surface area (TPSA) is 64.6 Å². The van der Waals surface area contributed by atoms with Crippen LogP contribution in [0, 0.1) is 24.7 Å². The lowest BCUT2D eigenvalue weighted by atomic mass is 9.98. The zero-order valence-electron chi connectivity index (χ0n) is 11.4. The molecule has 0 aromatic rings. The van der Waals surface area contributed by atoms with E-state index in [1.54, 1.807) is 13.8 Å². The first-order valence-electron chi connectivity index (χ1n) is 5.89. The van der Waals surface area contributed by atoms with Gasteiger partial charge in [-0.2, -0.15) is 0 Å². The lowest BCUT2D eigenvalue weighted by Crippen LogP contribution is -2.26. The second kappa shape index (κ2) is 7.06. The van der Waals surface area contributed by atoms with Gasteiger partial charge < -0.3 is 14.8 Å². The molecule has 0 radical (unpaired) electrons. The molecule has 0 aromatic heterocycles. The summed E-state index contributed by atoms with van der Waals surface area (Å²) in [4.78, 5) is 23.7. The van der Waals surface area contributed by atoms with Gasteiger partial charge in [-0.1, -0.05) is 11.8 Å². The zero-order valence-corrected chi connectivity index (χ0v) is 11.4. The van der Waals surface area contributed by atoms with E-state index in [9.17, 15) is 9.59 Å². The number of hydrogen-bond acceptors (Lipinski definition) is 5. The molecule has 1 aliphatic heterocycles. The Morgan fingerprint density at radius 2 is 1.45 bits per heavy atom. The summed E-state index contributed by atoms with van der Waals surface area (Å²) in [6.07, 6.45) is 10.2. The van der Waals surface area contributed by atoms with Gasteiger partial charge in [0.25, 0.3) is 0 Å². The van der Waals surface area contributed by atoms with Crippen LogP contribution in [0.15, 0.2) is 22.5 Å². The van der Waals surface area contributed by atoms with Crippen molar-refractivity contribution in [2.45, 2.75) is 20.3 Å². The Morgan fingerprint density at radius 1 is 1.05 bits per heavy atom. The largest absolute Gasteiger partial charge is 0.449 e. The number of nitrogens with one attached hydrogen (secondary N) is 1. The van der Waals surface area contributed by atoms with Crippen molar-refractivity contribution in [3.8, 4) is 24.7 Å². The average molecular weight is 273 g/mol. The highest BCUT2D eigenvalue weighted by Gasteiger charge is 2.26. The Balaban J connectivity index is 2.85. The second-order valence-corrected chi connectivity index (χ2v) is 4.07. The minimum absolute atomic E-state index is 0.116. The molecule has 0 amide bonds. The Kier molecular flexibility index (Phi) is 5.43. The van der Waals surface area contributed by atoms with E-state index in [2.05, 4.69) is 17.2 Å².